The second kappa shape index (κ2) is 4.21. The Hall–Kier alpha value is -0.570. The molecule has 0 radical (unpaired) electrons. The van der Waals surface area contributed by atoms with Crippen LogP contribution < -0.4 is 5.73 Å². The van der Waals surface area contributed by atoms with Crippen molar-refractivity contribution in [2.24, 2.45) is 28.9 Å². The maximum Gasteiger partial charge on any atom is 0.228 e. The lowest BCUT2D eigenvalue weighted by Gasteiger charge is -2.57. The molecule has 1 heterocycles. The fraction of sp³-hybridized carbons (Fsp3) is 0.938. The van der Waals surface area contributed by atoms with Gasteiger partial charge in [-0.3, -0.25) is 4.79 Å². The van der Waals surface area contributed by atoms with E-state index in [0.29, 0.717) is 5.91 Å². The minimum atomic E-state index is 0.0335. The summed E-state index contributed by atoms with van der Waals surface area (Å²) >= 11 is 0. The normalized spacial score (nSPS) is 48.6. The van der Waals surface area contributed by atoms with E-state index >= 15 is 0 Å². The van der Waals surface area contributed by atoms with E-state index in [-0.39, 0.29) is 11.5 Å². The first-order valence-electron chi connectivity index (χ1n) is 8.19. The van der Waals surface area contributed by atoms with E-state index in [0.717, 1.165) is 43.7 Å². The summed E-state index contributed by atoms with van der Waals surface area (Å²) in [6, 6.07) is 0.214. The number of hydrogen-bond acceptors (Lipinski definition) is 2. The zero-order chi connectivity index (χ0) is 13.0. The van der Waals surface area contributed by atoms with Crippen LogP contribution in [0.4, 0.5) is 0 Å². The van der Waals surface area contributed by atoms with Crippen molar-refractivity contribution in [3.63, 3.8) is 0 Å². The molecule has 0 aromatic rings. The number of hydrogen-bond donors (Lipinski definition) is 1. The van der Waals surface area contributed by atoms with E-state index in [1.807, 2.05) is 0 Å². The van der Waals surface area contributed by atoms with Crippen molar-refractivity contribution >= 4 is 5.91 Å². The Morgan fingerprint density at radius 1 is 1.05 bits per heavy atom. The van der Waals surface area contributed by atoms with E-state index in [2.05, 4.69) is 4.90 Å². The number of amides is 1. The highest BCUT2D eigenvalue weighted by Gasteiger charge is 2.55. The summed E-state index contributed by atoms with van der Waals surface area (Å²) in [6.07, 6.45) is 9.96. The zero-order valence-corrected chi connectivity index (χ0v) is 11.8. The maximum atomic E-state index is 13.1. The van der Waals surface area contributed by atoms with Gasteiger partial charge in [0, 0.05) is 19.1 Å². The van der Waals surface area contributed by atoms with Crippen LogP contribution in [0.3, 0.4) is 0 Å². The molecular formula is C16H26N2O. The van der Waals surface area contributed by atoms with Crippen LogP contribution in [-0.4, -0.2) is 29.9 Å². The quantitative estimate of drug-likeness (QED) is 0.787. The van der Waals surface area contributed by atoms with Crippen molar-refractivity contribution < 1.29 is 4.79 Å². The average Bonchev–Trinajstić information content (AvgIpc) is 2.36. The van der Waals surface area contributed by atoms with E-state index in [1.165, 1.54) is 38.5 Å². The van der Waals surface area contributed by atoms with Crippen molar-refractivity contribution in [3.8, 4) is 0 Å². The van der Waals surface area contributed by atoms with Crippen LogP contribution in [0.25, 0.3) is 0 Å². The Labute approximate surface area is 115 Å². The van der Waals surface area contributed by atoms with E-state index in [1.54, 1.807) is 0 Å². The third-order valence-corrected chi connectivity index (χ3v) is 6.24. The molecule has 3 heteroatoms. The van der Waals surface area contributed by atoms with Crippen LogP contribution in [0.15, 0.2) is 0 Å². The molecule has 1 aliphatic heterocycles. The third kappa shape index (κ3) is 1.93. The van der Waals surface area contributed by atoms with E-state index in [4.69, 9.17) is 5.73 Å². The topological polar surface area (TPSA) is 46.3 Å². The standard InChI is InChI=1S/C16H26N2O/c17-14-2-1-3-18(10-14)15(19)16-7-11-4-12(8-16)6-13(5-11)9-16/h11-14H,1-10,17H2/t11?,12?,13?,14-,16?/m1/s1. The van der Waals surface area contributed by atoms with Gasteiger partial charge in [0.15, 0.2) is 0 Å². The van der Waals surface area contributed by atoms with Crippen LogP contribution in [0.1, 0.15) is 51.4 Å². The maximum absolute atomic E-state index is 13.1. The minimum Gasteiger partial charge on any atom is -0.341 e. The van der Waals surface area contributed by atoms with Gasteiger partial charge in [-0.2, -0.15) is 0 Å². The number of nitrogens with zero attached hydrogens (tertiary/aromatic N) is 1. The predicted molar refractivity (Wildman–Crippen MR) is 74.4 cm³/mol. The molecule has 5 fully saturated rings. The smallest absolute Gasteiger partial charge is 0.228 e. The van der Waals surface area contributed by atoms with Crippen LogP contribution in [0.2, 0.25) is 0 Å². The first-order valence-corrected chi connectivity index (χ1v) is 8.19. The summed E-state index contributed by atoms with van der Waals surface area (Å²) in [7, 11) is 0. The van der Waals surface area contributed by atoms with Gasteiger partial charge in [-0.15, -0.1) is 0 Å². The lowest BCUT2D eigenvalue weighted by molar-refractivity contribution is -0.158. The molecule has 2 N–H and O–H groups in total. The van der Waals surface area contributed by atoms with Crippen LogP contribution in [0.5, 0.6) is 0 Å². The number of likely N-dealkylation sites (tertiary alicyclic amines) is 1. The number of carbonyl (C=O) groups is 1. The molecular weight excluding hydrogens is 236 g/mol. The molecule has 19 heavy (non-hydrogen) atoms. The molecule has 0 unspecified atom stereocenters. The van der Waals surface area contributed by atoms with Gasteiger partial charge in [0.05, 0.1) is 5.41 Å². The highest BCUT2D eigenvalue weighted by molar-refractivity contribution is 5.83. The van der Waals surface area contributed by atoms with Crippen molar-refractivity contribution in [1.82, 2.24) is 4.90 Å². The Morgan fingerprint density at radius 2 is 1.63 bits per heavy atom. The molecule has 0 aromatic carbocycles. The first-order chi connectivity index (χ1) is 9.14. The predicted octanol–water partition coefficient (Wildman–Crippen LogP) is 2.15. The second-order valence-corrected chi connectivity index (χ2v) is 7.85. The van der Waals surface area contributed by atoms with Gasteiger partial charge in [0.25, 0.3) is 0 Å². The minimum absolute atomic E-state index is 0.0335. The lowest BCUT2D eigenvalue weighted by Crippen LogP contribution is -2.57. The number of nitrogens with two attached hydrogens (primary N) is 1. The molecule has 106 valence electrons. The number of carbonyl (C=O) groups excluding carboxylic acids is 1. The van der Waals surface area contributed by atoms with Crippen molar-refractivity contribution in [2.75, 3.05) is 13.1 Å². The Kier molecular flexibility index (Phi) is 2.70. The summed E-state index contributed by atoms with van der Waals surface area (Å²) in [4.78, 5) is 15.2. The second-order valence-electron chi connectivity index (χ2n) is 7.85. The fourth-order valence-corrected chi connectivity index (χ4v) is 5.90. The molecule has 0 spiro atoms. The summed E-state index contributed by atoms with van der Waals surface area (Å²) in [5.41, 5.74) is 6.09. The molecule has 4 bridgehead atoms. The summed E-state index contributed by atoms with van der Waals surface area (Å²) in [5.74, 6) is 3.04. The molecule has 1 atom stereocenters. The highest BCUT2D eigenvalue weighted by atomic mass is 16.2. The number of piperidine rings is 1. The SMILES string of the molecule is N[C@@H]1CCCN(C(=O)C23CC4CC(CC(C4)C2)C3)C1. The summed E-state index contributed by atoms with van der Waals surface area (Å²) in [5, 5.41) is 0. The van der Waals surface area contributed by atoms with Gasteiger partial charge >= 0.3 is 0 Å². The molecule has 4 saturated carbocycles. The zero-order valence-electron chi connectivity index (χ0n) is 11.8. The van der Waals surface area contributed by atoms with E-state index in [9.17, 15) is 4.79 Å². The Morgan fingerprint density at radius 3 is 2.16 bits per heavy atom. The van der Waals surface area contributed by atoms with Gasteiger partial charge in [-0.05, 0) is 69.1 Å². The molecule has 0 aromatic heterocycles. The Bertz CT molecular complexity index is 357. The highest BCUT2D eigenvalue weighted by Crippen LogP contribution is 2.60. The monoisotopic (exact) mass is 262 g/mol. The van der Waals surface area contributed by atoms with Crippen LogP contribution >= 0.6 is 0 Å². The van der Waals surface area contributed by atoms with Crippen molar-refractivity contribution in [3.05, 3.63) is 0 Å². The third-order valence-electron chi connectivity index (χ3n) is 6.24. The number of rotatable bonds is 1. The van der Waals surface area contributed by atoms with E-state index < -0.39 is 0 Å². The van der Waals surface area contributed by atoms with Crippen LogP contribution in [0, 0.1) is 23.2 Å². The summed E-state index contributed by atoms with van der Waals surface area (Å²) in [6.45, 7) is 1.76. The molecule has 4 aliphatic carbocycles. The first kappa shape index (κ1) is 12.2. The van der Waals surface area contributed by atoms with Crippen molar-refractivity contribution in [2.45, 2.75) is 57.4 Å². The molecule has 5 rings (SSSR count). The van der Waals surface area contributed by atoms with Crippen LogP contribution in [-0.2, 0) is 4.79 Å². The van der Waals surface area contributed by atoms with Gasteiger partial charge in [0.1, 0.15) is 0 Å². The van der Waals surface area contributed by atoms with Gasteiger partial charge in [-0.1, -0.05) is 0 Å². The molecule has 3 nitrogen and oxygen atoms in total. The molecule has 5 aliphatic rings. The van der Waals surface area contributed by atoms with Gasteiger partial charge in [0.2, 0.25) is 5.91 Å². The summed E-state index contributed by atoms with van der Waals surface area (Å²) < 4.78 is 0. The molecule has 1 saturated heterocycles. The van der Waals surface area contributed by atoms with Gasteiger partial charge in [-0.25, -0.2) is 0 Å². The van der Waals surface area contributed by atoms with Crippen molar-refractivity contribution in [1.29, 1.82) is 0 Å². The molecule has 1 amide bonds. The largest absolute Gasteiger partial charge is 0.341 e. The van der Waals surface area contributed by atoms with Gasteiger partial charge < -0.3 is 10.6 Å². The fourth-order valence-electron chi connectivity index (χ4n) is 5.90. The lowest BCUT2D eigenvalue weighted by atomic mass is 9.49. The average molecular weight is 262 g/mol. The Balaban J connectivity index is 1.56.